The molecule has 2 rings (SSSR count). The van der Waals surface area contributed by atoms with E-state index in [9.17, 15) is 57.8 Å². The van der Waals surface area contributed by atoms with Crippen LogP contribution < -0.4 is 59.7 Å². The van der Waals surface area contributed by atoms with E-state index >= 15 is 0 Å². The number of primary amides is 1. The Morgan fingerprint density at radius 1 is 0.776 bits per heavy atom. The van der Waals surface area contributed by atoms with Crippen LogP contribution in [-0.2, 0) is 59.2 Å². The van der Waals surface area contributed by atoms with E-state index in [4.69, 9.17) is 17.2 Å². The molecule has 26 nitrogen and oxygen atoms in total. The number of aliphatic hydroxyl groups excluding tert-OH is 1. The van der Waals surface area contributed by atoms with Crippen molar-refractivity contribution in [2.45, 2.75) is 168 Å². The third-order valence-electron chi connectivity index (χ3n) is 12.6. The van der Waals surface area contributed by atoms with Crippen molar-refractivity contribution in [2.75, 3.05) is 33.2 Å². The molecule has 0 radical (unpaired) electrons. The normalized spacial score (nSPS) is 16.6. The molecule has 1 aliphatic rings. The number of rotatable bonds is 32. The van der Waals surface area contributed by atoms with Crippen molar-refractivity contribution >= 4 is 82.3 Å². The average Bonchev–Trinajstić information content (AvgIpc) is 4.07. The summed E-state index contributed by atoms with van der Waals surface area (Å²) in [7, 11) is 1.42. The van der Waals surface area contributed by atoms with Crippen LogP contribution in [0.15, 0.2) is 22.5 Å². The summed E-state index contributed by atoms with van der Waals surface area (Å²) in [6, 6.07) is -6.41. The minimum atomic E-state index is -1.66. The lowest BCUT2D eigenvalue weighted by Gasteiger charge is -2.32. The molecule has 1 fully saturated rings. The number of carbonyl (C=O) groups excluding carboxylic acids is 11. The lowest BCUT2D eigenvalue weighted by Crippen LogP contribution is -2.62. The third-order valence-corrected chi connectivity index (χ3v) is 13.5. The van der Waals surface area contributed by atoms with E-state index in [0.29, 0.717) is 24.1 Å². The first-order valence-corrected chi connectivity index (χ1v) is 26.5. The van der Waals surface area contributed by atoms with Gasteiger partial charge in [0.2, 0.25) is 65.0 Å². The van der Waals surface area contributed by atoms with Gasteiger partial charge in [-0.05, 0) is 75.7 Å². The van der Waals surface area contributed by atoms with Crippen molar-refractivity contribution in [3.8, 4) is 0 Å². The Bertz CT molecular complexity index is 2190. The maximum absolute atomic E-state index is 14.3. The highest BCUT2D eigenvalue weighted by Crippen LogP contribution is 2.21. The highest BCUT2D eigenvalue weighted by atomic mass is 32.1. The number of thiophene rings is 1. The number of aliphatic imine (C=N–C) groups is 1. The molecule has 2 heterocycles. The number of hydrogen-bond donors (Lipinski definition) is 12. The lowest BCUT2D eigenvalue weighted by atomic mass is 9.96. The smallest absolute Gasteiger partial charge is 0.245 e. The molecule has 0 aromatic carbocycles. The van der Waals surface area contributed by atoms with Crippen LogP contribution in [-0.4, -0.2) is 174 Å². The Kier molecular flexibility index (Phi) is 27.9. The summed E-state index contributed by atoms with van der Waals surface area (Å²) < 4.78 is 0. The molecule has 27 heteroatoms. The van der Waals surface area contributed by atoms with Crippen molar-refractivity contribution in [2.24, 2.45) is 34.0 Å². The fraction of sp³-hybridized carbons (Fsp3) is 0.673. The van der Waals surface area contributed by atoms with Gasteiger partial charge in [0.15, 0.2) is 5.96 Å². The van der Waals surface area contributed by atoms with Gasteiger partial charge in [-0.25, -0.2) is 0 Å². The van der Waals surface area contributed by atoms with Crippen LogP contribution in [0.5, 0.6) is 0 Å². The second-order valence-corrected chi connectivity index (χ2v) is 20.6. The molecular weight excluding hydrogens is 1010 g/mol. The van der Waals surface area contributed by atoms with Crippen LogP contribution in [0.1, 0.15) is 112 Å². The molecule has 15 N–H and O–H groups in total. The highest BCUT2D eigenvalue weighted by Gasteiger charge is 2.40. The molecule has 10 atom stereocenters. The molecule has 426 valence electrons. The molecule has 11 amide bonds. The van der Waals surface area contributed by atoms with Gasteiger partial charge in [-0.3, -0.25) is 57.7 Å². The van der Waals surface area contributed by atoms with Crippen LogP contribution in [0.2, 0.25) is 0 Å². The number of nitrogens with zero attached hydrogens (tertiary/aromatic N) is 3. The standard InChI is InChI=1S/C49H82N14O12S/c1-10-15-32(42(69)60-39(27(5)11-2)46(73)58-33(17-12-19-53-49(51)52)48(75)63-20-13-18-36(63)45(72)55-28(6)41(50)68)57-47(74)40(29(7)64)61-44(71)34(22-26(3)4)59-43(70)35(23-31-16-14-21-76-31)56-37(66)24-54-38(67)25-62(9)30(8)65/h14,16,21,26-29,32-36,39-40,64H,10-13,15,17-20,22-25H2,1-9H3,(H2,50,68)(H,54,67)(H,55,72)(H,56,66)(H,57,74)(H,58,73)(H,59,70)(H,60,69)(H,61,71)(H4,51,52,53)/t27-,28+,29+,32-,33-,34+,35+,36-,39-,40-/m0/s1. The summed E-state index contributed by atoms with van der Waals surface area (Å²) in [5.41, 5.74) is 16.3. The molecule has 1 aromatic heterocycles. The topological polar surface area (TPSA) is 401 Å². The number of likely N-dealkylation sites (tertiary alicyclic amines) is 1. The number of nitrogens with one attached hydrogen (secondary N) is 8. The number of nitrogens with two attached hydrogens (primary N) is 3. The summed E-state index contributed by atoms with van der Waals surface area (Å²) in [5, 5.41) is 33.5. The Morgan fingerprint density at radius 2 is 1.38 bits per heavy atom. The van der Waals surface area contributed by atoms with E-state index in [2.05, 4.69) is 47.5 Å². The third kappa shape index (κ3) is 22.1. The summed E-state index contributed by atoms with van der Waals surface area (Å²) in [4.78, 5) is 154. The zero-order valence-electron chi connectivity index (χ0n) is 45.2. The van der Waals surface area contributed by atoms with E-state index in [-0.39, 0.29) is 75.9 Å². The van der Waals surface area contributed by atoms with Crippen molar-refractivity contribution in [1.82, 2.24) is 52.3 Å². The van der Waals surface area contributed by atoms with Crippen molar-refractivity contribution in [1.29, 1.82) is 0 Å². The monoisotopic (exact) mass is 1090 g/mol. The van der Waals surface area contributed by atoms with Gasteiger partial charge in [0.1, 0.15) is 48.3 Å². The summed E-state index contributed by atoms with van der Waals surface area (Å²) in [6.07, 6.45) is 0.331. The number of aliphatic hydroxyl groups is 1. The van der Waals surface area contributed by atoms with Gasteiger partial charge in [0.25, 0.3) is 0 Å². The maximum atomic E-state index is 14.3. The van der Waals surface area contributed by atoms with Gasteiger partial charge in [0, 0.05) is 38.4 Å². The molecule has 0 spiro atoms. The van der Waals surface area contributed by atoms with Gasteiger partial charge in [0.05, 0.1) is 19.2 Å². The van der Waals surface area contributed by atoms with Crippen LogP contribution >= 0.6 is 11.3 Å². The molecule has 0 aliphatic carbocycles. The highest BCUT2D eigenvalue weighted by molar-refractivity contribution is 7.09. The predicted molar refractivity (Wildman–Crippen MR) is 283 cm³/mol. The first-order chi connectivity index (χ1) is 35.7. The quantitative estimate of drug-likeness (QED) is 0.0196. The van der Waals surface area contributed by atoms with Gasteiger partial charge in [-0.1, -0.05) is 53.5 Å². The molecule has 1 aliphatic heterocycles. The van der Waals surface area contributed by atoms with Gasteiger partial charge in [-0.2, -0.15) is 0 Å². The predicted octanol–water partition coefficient (Wildman–Crippen LogP) is -2.90. The first kappa shape index (κ1) is 65.2. The van der Waals surface area contributed by atoms with Crippen LogP contribution in [0.4, 0.5) is 0 Å². The number of amides is 11. The van der Waals surface area contributed by atoms with Gasteiger partial charge >= 0.3 is 0 Å². The van der Waals surface area contributed by atoms with Crippen LogP contribution in [0, 0.1) is 11.8 Å². The van der Waals surface area contributed by atoms with Crippen LogP contribution in [0.25, 0.3) is 0 Å². The number of guanidine groups is 1. The molecule has 76 heavy (non-hydrogen) atoms. The zero-order valence-corrected chi connectivity index (χ0v) is 46.0. The minimum absolute atomic E-state index is 0.0180. The molecular formula is C49H82N14O12S. The van der Waals surface area contributed by atoms with Crippen LogP contribution in [0.3, 0.4) is 0 Å². The van der Waals surface area contributed by atoms with E-state index in [1.807, 2.05) is 0 Å². The average molecular weight is 1090 g/mol. The first-order valence-electron chi connectivity index (χ1n) is 25.7. The SMILES string of the molecule is CCC[C@H](NC(=O)[C@@H](NC(=O)[C@@H](CC(C)C)NC(=O)[C@@H](Cc1cccs1)NC(=O)CNC(=O)CN(C)C(C)=O)[C@@H](C)O)C(=O)N[C@H](C(=O)N[C@@H](CCCN=C(N)N)C(=O)N1CCC[C@H]1C(=O)N[C@H](C)C(N)=O)[C@@H](C)CC. The fourth-order valence-electron chi connectivity index (χ4n) is 7.96. The van der Waals surface area contributed by atoms with E-state index < -0.39 is 126 Å². The number of carbonyl (C=O) groups is 11. The molecule has 0 unspecified atom stereocenters. The zero-order chi connectivity index (χ0) is 57.4. The largest absolute Gasteiger partial charge is 0.391 e. The number of likely N-dealkylation sites (N-methyl/N-ethyl adjacent to an activating group) is 1. The summed E-state index contributed by atoms with van der Waals surface area (Å²) in [6.45, 7) is 12.2. The second kappa shape index (κ2) is 32.5. The molecule has 1 saturated heterocycles. The van der Waals surface area contributed by atoms with Crippen molar-refractivity contribution in [3.05, 3.63) is 22.4 Å². The fourth-order valence-corrected chi connectivity index (χ4v) is 8.71. The summed E-state index contributed by atoms with van der Waals surface area (Å²) in [5.74, 6) is -8.65. The summed E-state index contributed by atoms with van der Waals surface area (Å²) >= 11 is 1.32. The second-order valence-electron chi connectivity index (χ2n) is 19.5. The van der Waals surface area contributed by atoms with E-state index in [0.717, 1.165) is 4.90 Å². The molecule has 1 aromatic rings. The Morgan fingerprint density at radius 3 is 1.95 bits per heavy atom. The Hall–Kier alpha value is -6.90. The lowest BCUT2D eigenvalue weighted by molar-refractivity contribution is -0.142. The number of hydrogen-bond acceptors (Lipinski definition) is 14. The van der Waals surface area contributed by atoms with Crippen molar-refractivity contribution in [3.63, 3.8) is 0 Å². The molecule has 0 bridgehead atoms. The Balaban J connectivity index is 2.33. The minimum Gasteiger partial charge on any atom is -0.391 e. The maximum Gasteiger partial charge on any atom is 0.245 e. The van der Waals surface area contributed by atoms with Gasteiger partial charge in [-0.15, -0.1) is 11.3 Å². The molecule has 0 saturated carbocycles. The van der Waals surface area contributed by atoms with E-state index in [1.54, 1.807) is 52.1 Å². The van der Waals surface area contributed by atoms with Crippen molar-refractivity contribution < 1.29 is 57.8 Å². The van der Waals surface area contributed by atoms with E-state index in [1.165, 1.54) is 44.1 Å². The van der Waals surface area contributed by atoms with Gasteiger partial charge < -0.3 is 74.6 Å². The Labute approximate surface area is 448 Å².